The fourth-order valence-corrected chi connectivity index (χ4v) is 3.76. The lowest BCUT2D eigenvalue weighted by molar-refractivity contribution is -0.383. The highest BCUT2D eigenvalue weighted by Gasteiger charge is 2.30. The van der Waals surface area contributed by atoms with Crippen molar-refractivity contribution in [3.05, 3.63) is 16.2 Å². The molecule has 0 saturated carbocycles. The molecule has 0 bridgehead atoms. The van der Waals surface area contributed by atoms with Crippen LogP contribution in [0.5, 0.6) is 0 Å². The highest BCUT2D eigenvalue weighted by atomic mass is 32.2. The van der Waals surface area contributed by atoms with Gasteiger partial charge in [0.1, 0.15) is 17.3 Å². The van der Waals surface area contributed by atoms with E-state index in [1.807, 2.05) is 0 Å². The van der Waals surface area contributed by atoms with E-state index in [2.05, 4.69) is 0 Å². The Morgan fingerprint density at radius 3 is 2.32 bits per heavy atom. The van der Waals surface area contributed by atoms with Crippen molar-refractivity contribution in [2.75, 3.05) is 18.8 Å². The Morgan fingerprint density at radius 1 is 1.42 bits per heavy atom. The van der Waals surface area contributed by atoms with Crippen molar-refractivity contribution in [1.29, 1.82) is 10.5 Å². The van der Waals surface area contributed by atoms with Gasteiger partial charge in [-0.3, -0.25) is 10.1 Å². The van der Waals surface area contributed by atoms with Crippen molar-refractivity contribution in [2.45, 2.75) is 4.21 Å². The number of hydrogen-bond acceptors (Lipinski definition) is 8. The van der Waals surface area contributed by atoms with Crippen LogP contribution in [0.2, 0.25) is 0 Å². The summed E-state index contributed by atoms with van der Waals surface area (Å²) >= 11 is 0.517. The molecule has 11 heteroatoms. The average Bonchev–Trinajstić information content (AvgIpc) is 2.72. The molecule has 0 amide bonds. The summed E-state index contributed by atoms with van der Waals surface area (Å²) in [6.07, 6.45) is 0. The predicted molar refractivity (Wildman–Crippen MR) is 65.4 cm³/mol. The lowest BCUT2D eigenvalue weighted by Gasteiger charge is -2.13. The maximum Gasteiger partial charge on any atom is 0.304 e. The Hall–Kier alpha value is -2.21. The number of nitrogens with zero attached hydrogens (tertiary/aromatic N) is 4. The van der Waals surface area contributed by atoms with Gasteiger partial charge in [-0.15, -0.1) is 0 Å². The number of nitrogens with two attached hydrogens (primary N) is 1. The van der Waals surface area contributed by atoms with Crippen LogP contribution in [0.3, 0.4) is 0 Å². The number of nitrogen functional groups attached to an aromatic ring is 1. The Balaban J connectivity index is 3.27. The minimum atomic E-state index is -4.14. The molecule has 0 unspecified atom stereocenters. The highest BCUT2D eigenvalue weighted by Crippen LogP contribution is 2.35. The number of thiophene rings is 1. The normalized spacial score (nSPS) is 10.9. The monoisotopic (exact) mass is 301 g/mol. The van der Waals surface area contributed by atoms with Crippen molar-refractivity contribution >= 4 is 32.0 Å². The Labute approximate surface area is 112 Å². The SMILES string of the molecule is N#CCN(CC#N)S(=O)(=O)c1cc([N+](=O)[O-])c(N)s1. The maximum absolute atomic E-state index is 12.1. The molecule has 0 saturated heterocycles. The molecule has 19 heavy (non-hydrogen) atoms. The molecule has 100 valence electrons. The Kier molecular flexibility index (Phi) is 4.39. The van der Waals surface area contributed by atoms with Gasteiger partial charge in [0, 0.05) is 6.07 Å². The van der Waals surface area contributed by atoms with Crippen LogP contribution in [-0.4, -0.2) is 30.7 Å². The Bertz CT molecular complexity index is 665. The summed E-state index contributed by atoms with van der Waals surface area (Å²) in [5, 5.41) is 27.4. The molecule has 0 atom stereocenters. The van der Waals surface area contributed by atoms with Gasteiger partial charge in [0.15, 0.2) is 5.00 Å². The lowest BCUT2D eigenvalue weighted by Crippen LogP contribution is -2.31. The number of nitro groups is 1. The van der Waals surface area contributed by atoms with Crippen molar-refractivity contribution in [1.82, 2.24) is 4.31 Å². The topological polar surface area (TPSA) is 154 Å². The first-order valence-corrected chi connectivity index (χ1v) is 6.88. The average molecular weight is 301 g/mol. The fourth-order valence-electron chi connectivity index (χ4n) is 1.15. The molecule has 1 aromatic heterocycles. The summed E-state index contributed by atoms with van der Waals surface area (Å²) in [5.41, 5.74) is 4.83. The zero-order valence-electron chi connectivity index (χ0n) is 9.31. The van der Waals surface area contributed by atoms with Gasteiger partial charge in [-0.1, -0.05) is 11.3 Å². The number of rotatable bonds is 5. The van der Waals surface area contributed by atoms with E-state index < -0.39 is 33.7 Å². The molecule has 0 spiro atoms. The molecular formula is C8H7N5O4S2. The molecular weight excluding hydrogens is 294 g/mol. The zero-order valence-corrected chi connectivity index (χ0v) is 10.9. The van der Waals surface area contributed by atoms with Gasteiger partial charge in [0.05, 0.1) is 17.1 Å². The van der Waals surface area contributed by atoms with Crippen molar-refractivity contribution < 1.29 is 13.3 Å². The molecule has 0 fully saturated rings. The minimum absolute atomic E-state index is 0.252. The van der Waals surface area contributed by atoms with Gasteiger partial charge < -0.3 is 5.73 Å². The molecule has 0 aliphatic carbocycles. The largest absolute Gasteiger partial charge is 0.385 e. The van der Waals surface area contributed by atoms with E-state index in [-0.39, 0.29) is 9.21 Å². The number of anilines is 1. The third-order valence-electron chi connectivity index (χ3n) is 2.00. The van der Waals surface area contributed by atoms with Crippen molar-refractivity contribution in [2.24, 2.45) is 0 Å². The first-order valence-electron chi connectivity index (χ1n) is 4.62. The molecule has 0 aromatic carbocycles. The second kappa shape index (κ2) is 5.62. The van der Waals surface area contributed by atoms with E-state index in [0.29, 0.717) is 15.6 Å². The van der Waals surface area contributed by atoms with E-state index in [4.69, 9.17) is 16.3 Å². The quantitative estimate of drug-likeness (QED) is 0.465. The van der Waals surface area contributed by atoms with E-state index in [9.17, 15) is 18.5 Å². The van der Waals surface area contributed by atoms with E-state index >= 15 is 0 Å². The van der Waals surface area contributed by atoms with Crippen LogP contribution in [0.1, 0.15) is 0 Å². The first kappa shape index (κ1) is 14.8. The molecule has 9 nitrogen and oxygen atoms in total. The van der Waals surface area contributed by atoms with Crippen LogP contribution in [0.25, 0.3) is 0 Å². The molecule has 1 aromatic rings. The summed E-state index contributed by atoms with van der Waals surface area (Å²) in [6.45, 7) is -1.05. The van der Waals surface area contributed by atoms with Crippen LogP contribution in [-0.2, 0) is 10.0 Å². The van der Waals surface area contributed by atoms with Crippen LogP contribution in [0.15, 0.2) is 10.3 Å². The third-order valence-corrected chi connectivity index (χ3v) is 5.20. The summed E-state index contributed by atoms with van der Waals surface area (Å²) < 4.78 is 24.4. The number of hydrogen-bond donors (Lipinski definition) is 1. The molecule has 1 heterocycles. The summed E-state index contributed by atoms with van der Waals surface area (Å²) in [6, 6.07) is 4.03. The minimum Gasteiger partial charge on any atom is -0.385 e. The molecule has 1 rings (SSSR count). The molecule has 0 aliphatic rings. The smallest absolute Gasteiger partial charge is 0.304 e. The second-order valence-electron chi connectivity index (χ2n) is 3.16. The van der Waals surface area contributed by atoms with Gasteiger partial charge in [0.2, 0.25) is 0 Å². The van der Waals surface area contributed by atoms with Crippen LogP contribution in [0, 0.1) is 32.8 Å². The fraction of sp³-hybridized carbons (Fsp3) is 0.250. The van der Waals surface area contributed by atoms with Gasteiger partial charge in [-0.2, -0.15) is 14.8 Å². The predicted octanol–water partition coefficient (Wildman–Crippen LogP) is 0.276. The van der Waals surface area contributed by atoms with Gasteiger partial charge in [-0.05, 0) is 0 Å². The standard InChI is InChI=1S/C8H7N5O4S2/c9-1-3-12(4-2-10)19(16,17)7-5-6(13(14)15)8(11)18-7/h5H,3-4,11H2. The van der Waals surface area contributed by atoms with Crippen LogP contribution < -0.4 is 5.73 Å². The summed E-state index contributed by atoms with van der Waals surface area (Å²) in [7, 11) is -4.14. The first-order chi connectivity index (χ1) is 8.84. The van der Waals surface area contributed by atoms with Crippen LogP contribution >= 0.6 is 11.3 Å². The van der Waals surface area contributed by atoms with E-state index in [0.717, 1.165) is 6.07 Å². The van der Waals surface area contributed by atoms with Gasteiger partial charge in [0.25, 0.3) is 10.0 Å². The Morgan fingerprint density at radius 2 is 1.95 bits per heavy atom. The van der Waals surface area contributed by atoms with Gasteiger partial charge in [-0.25, -0.2) is 8.42 Å². The van der Waals surface area contributed by atoms with Crippen LogP contribution in [0.4, 0.5) is 10.7 Å². The number of nitriles is 2. The van der Waals surface area contributed by atoms with Crippen molar-refractivity contribution in [3.8, 4) is 12.1 Å². The second-order valence-corrected chi connectivity index (χ2v) is 6.41. The summed E-state index contributed by atoms with van der Waals surface area (Å²) in [4.78, 5) is 9.80. The van der Waals surface area contributed by atoms with Crippen molar-refractivity contribution in [3.63, 3.8) is 0 Å². The third kappa shape index (κ3) is 2.97. The number of sulfonamides is 1. The maximum atomic E-state index is 12.1. The van der Waals surface area contributed by atoms with Gasteiger partial charge >= 0.3 is 5.69 Å². The zero-order chi connectivity index (χ0) is 14.6. The highest BCUT2D eigenvalue weighted by molar-refractivity contribution is 7.91. The molecule has 0 radical (unpaired) electrons. The molecule has 0 aliphatic heterocycles. The van der Waals surface area contributed by atoms with E-state index in [1.165, 1.54) is 0 Å². The molecule has 2 N–H and O–H groups in total. The lowest BCUT2D eigenvalue weighted by atomic mass is 10.5. The van der Waals surface area contributed by atoms with E-state index in [1.54, 1.807) is 12.1 Å². The summed E-state index contributed by atoms with van der Waals surface area (Å²) in [5.74, 6) is 0.